The summed E-state index contributed by atoms with van der Waals surface area (Å²) in [7, 11) is 0. The molecule has 3 aliphatic carbocycles. The molecule has 0 radical (unpaired) electrons. The van der Waals surface area contributed by atoms with Gasteiger partial charge in [-0.2, -0.15) is 0 Å². The van der Waals surface area contributed by atoms with E-state index in [0.29, 0.717) is 6.42 Å². The van der Waals surface area contributed by atoms with Crippen molar-refractivity contribution in [2.75, 3.05) is 0 Å². The summed E-state index contributed by atoms with van der Waals surface area (Å²) in [6.07, 6.45) is 2.64. The monoisotopic (exact) mass is 182 g/mol. The lowest BCUT2D eigenvalue weighted by atomic mass is 10.1. The second kappa shape index (κ2) is 2.68. The molecule has 0 spiro atoms. The Bertz CT molecular complexity index is 485. The summed E-state index contributed by atoms with van der Waals surface area (Å²) in [6, 6.07) is 10.6. The van der Waals surface area contributed by atoms with E-state index in [9.17, 15) is 4.79 Å². The molecule has 0 unspecified atom stereocenters. The smallest absolute Gasteiger partial charge is 0.124 e. The third-order valence-corrected chi connectivity index (χ3v) is 2.83. The molecule has 0 saturated heterocycles. The number of hydrogen-bond donors (Lipinski definition) is 0. The Morgan fingerprint density at radius 1 is 1.29 bits per heavy atom. The number of carbonyl (C=O) groups is 1. The van der Waals surface area contributed by atoms with Crippen LogP contribution in [0.15, 0.2) is 30.3 Å². The van der Waals surface area contributed by atoms with Gasteiger partial charge in [0.2, 0.25) is 0 Å². The zero-order valence-electron chi connectivity index (χ0n) is 7.79. The van der Waals surface area contributed by atoms with Crippen LogP contribution in [0.3, 0.4) is 0 Å². The van der Waals surface area contributed by atoms with Crippen molar-refractivity contribution in [3.05, 3.63) is 47.0 Å². The van der Waals surface area contributed by atoms with Crippen molar-refractivity contribution in [1.82, 2.24) is 0 Å². The number of hydrogen-bond acceptors (Lipinski definition) is 1. The largest absolute Gasteiger partial charge is 0.303 e. The van der Waals surface area contributed by atoms with Crippen LogP contribution >= 0.6 is 0 Å². The van der Waals surface area contributed by atoms with E-state index in [2.05, 4.69) is 18.2 Å². The van der Waals surface area contributed by atoms with Crippen LogP contribution in [0.1, 0.15) is 16.7 Å². The molecule has 1 nitrogen and oxygen atoms in total. The number of carbonyl (C=O) groups excluding carboxylic acids is 1. The number of rotatable bonds is 2. The Labute approximate surface area is 82.7 Å². The summed E-state index contributed by atoms with van der Waals surface area (Å²) >= 11 is 0. The average molecular weight is 182 g/mol. The highest BCUT2D eigenvalue weighted by molar-refractivity contribution is 5.80. The Morgan fingerprint density at radius 3 is 3.07 bits per heavy atom. The van der Waals surface area contributed by atoms with Gasteiger partial charge in [0.1, 0.15) is 6.29 Å². The molecular formula is C13H10O. The lowest BCUT2D eigenvalue weighted by Crippen LogP contribution is -1.81. The Hall–Kier alpha value is -1.63. The Morgan fingerprint density at radius 2 is 2.21 bits per heavy atom. The highest BCUT2D eigenvalue weighted by atomic mass is 16.1. The maximum atomic E-state index is 10.4. The molecule has 0 heterocycles. The highest BCUT2D eigenvalue weighted by Gasteiger charge is 2.25. The molecule has 0 aliphatic heterocycles. The van der Waals surface area contributed by atoms with Crippen molar-refractivity contribution in [2.45, 2.75) is 12.8 Å². The fourth-order valence-electron chi connectivity index (χ4n) is 2.05. The van der Waals surface area contributed by atoms with Crippen LogP contribution < -0.4 is 0 Å². The van der Waals surface area contributed by atoms with Gasteiger partial charge in [0, 0.05) is 6.42 Å². The topological polar surface area (TPSA) is 17.1 Å². The van der Waals surface area contributed by atoms with Crippen molar-refractivity contribution >= 4 is 6.29 Å². The van der Waals surface area contributed by atoms with E-state index in [0.717, 1.165) is 11.8 Å². The lowest BCUT2D eigenvalue weighted by Gasteiger charge is -1.94. The summed E-state index contributed by atoms with van der Waals surface area (Å²) in [5.74, 6) is 0. The molecule has 0 aromatic rings. The van der Waals surface area contributed by atoms with Gasteiger partial charge in [0.05, 0.1) is 0 Å². The lowest BCUT2D eigenvalue weighted by molar-refractivity contribution is -0.107. The maximum absolute atomic E-state index is 10.4. The molecule has 3 rings (SSSR count). The van der Waals surface area contributed by atoms with E-state index >= 15 is 0 Å². The molecule has 3 aliphatic rings. The van der Waals surface area contributed by atoms with Gasteiger partial charge >= 0.3 is 0 Å². The van der Waals surface area contributed by atoms with E-state index < -0.39 is 0 Å². The van der Waals surface area contributed by atoms with E-state index in [4.69, 9.17) is 0 Å². The van der Waals surface area contributed by atoms with Gasteiger partial charge in [-0.15, -0.1) is 0 Å². The Kier molecular flexibility index (Phi) is 1.48. The third-order valence-electron chi connectivity index (χ3n) is 2.83. The van der Waals surface area contributed by atoms with Gasteiger partial charge < -0.3 is 4.79 Å². The summed E-state index contributed by atoms with van der Waals surface area (Å²) in [5, 5.41) is 0. The first-order valence-electron chi connectivity index (χ1n) is 4.85. The average Bonchev–Trinajstić information content (AvgIpc) is 2.88. The molecule has 0 atom stereocenters. The molecule has 0 amide bonds. The predicted octanol–water partition coefficient (Wildman–Crippen LogP) is 2.44. The minimum atomic E-state index is 0.514. The van der Waals surface area contributed by atoms with Gasteiger partial charge in [0.25, 0.3) is 0 Å². The van der Waals surface area contributed by atoms with Crippen molar-refractivity contribution in [3.8, 4) is 11.1 Å². The van der Waals surface area contributed by atoms with E-state index in [-0.39, 0.29) is 0 Å². The zero-order valence-corrected chi connectivity index (χ0v) is 7.79. The molecule has 0 saturated carbocycles. The second-order valence-electron chi connectivity index (χ2n) is 3.81. The van der Waals surface area contributed by atoms with Crippen LogP contribution in [0.25, 0.3) is 11.1 Å². The minimum absolute atomic E-state index is 0.514. The van der Waals surface area contributed by atoms with Crippen LogP contribution in [-0.4, -0.2) is 6.29 Å². The van der Waals surface area contributed by atoms with Crippen LogP contribution in [0.2, 0.25) is 0 Å². The molecule has 0 aromatic carbocycles. The predicted molar refractivity (Wildman–Crippen MR) is 55.6 cm³/mol. The van der Waals surface area contributed by atoms with Crippen LogP contribution in [0.4, 0.5) is 0 Å². The standard InChI is InChI=1S/C13H10O/c14-5-4-9-2-1-3-12-10(6-9)7-11-8-13(11)12/h1-3,5-7H,4,8H2. The summed E-state index contributed by atoms with van der Waals surface area (Å²) in [4.78, 5) is 10.4. The van der Waals surface area contributed by atoms with Gasteiger partial charge in [-0.25, -0.2) is 0 Å². The van der Waals surface area contributed by atoms with Crippen LogP contribution in [0.5, 0.6) is 0 Å². The van der Waals surface area contributed by atoms with Crippen molar-refractivity contribution in [2.24, 2.45) is 0 Å². The van der Waals surface area contributed by atoms with E-state index in [1.165, 1.54) is 28.7 Å². The van der Waals surface area contributed by atoms with Gasteiger partial charge in [-0.05, 0) is 34.2 Å². The number of aldehydes is 1. The first-order valence-corrected chi connectivity index (χ1v) is 4.85. The fourth-order valence-corrected chi connectivity index (χ4v) is 2.05. The van der Waals surface area contributed by atoms with E-state index in [1.54, 1.807) is 0 Å². The van der Waals surface area contributed by atoms with Gasteiger partial charge in [-0.3, -0.25) is 0 Å². The minimum Gasteiger partial charge on any atom is -0.303 e. The fraction of sp³-hybridized carbons (Fsp3) is 0.154. The van der Waals surface area contributed by atoms with Gasteiger partial charge in [0.15, 0.2) is 0 Å². The van der Waals surface area contributed by atoms with Gasteiger partial charge in [-0.1, -0.05) is 30.3 Å². The van der Waals surface area contributed by atoms with Crippen molar-refractivity contribution in [1.29, 1.82) is 0 Å². The number of fused-ring (bicyclic) bond motifs is 3. The van der Waals surface area contributed by atoms with E-state index in [1.807, 2.05) is 12.1 Å². The quantitative estimate of drug-likeness (QED) is 0.556. The maximum Gasteiger partial charge on any atom is 0.124 e. The molecule has 0 aromatic heterocycles. The second-order valence-corrected chi connectivity index (χ2v) is 3.81. The third kappa shape index (κ3) is 1.06. The Balaban J connectivity index is 2.17. The summed E-state index contributed by atoms with van der Waals surface area (Å²) in [5.41, 5.74) is 6.71. The molecule has 0 N–H and O–H groups in total. The first kappa shape index (κ1) is 7.74. The molecule has 1 heteroatoms. The van der Waals surface area contributed by atoms with Crippen molar-refractivity contribution in [3.63, 3.8) is 0 Å². The first-order chi connectivity index (χ1) is 6.88. The van der Waals surface area contributed by atoms with Crippen molar-refractivity contribution < 1.29 is 4.79 Å². The summed E-state index contributed by atoms with van der Waals surface area (Å²) < 4.78 is 0. The molecule has 0 fully saturated rings. The van der Waals surface area contributed by atoms with Crippen LogP contribution in [-0.2, 0) is 17.6 Å². The van der Waals surface area contributed by atoms with Crippen LogP contribution in [0, 0.1) is 0 Å². The molecule has 68 valence electrons. The summed E-state index contributed by atoms with van der Waals surface area (Å²) in [6.45, 7) is 0. The molecule has 14 heavy (non-hydrogen) atoms. The zero-order chi connectivity index (χ0) is 9.54. The SMILES string of the molecule is O=CCc1cccc2c3c(cc-2c1)C3. The normalized spacial score (nSPS) is 12.6. The highest BCUT2D eigenvalue weighted by Crippen LogP contribution is 2.42. The molecular weight excluding hydrogens is 172 g/mol. The molecule has 0 bridgehead atoms.